The number of hydrogen-bond donors (Lipinski definition) is 3. The average molecular weight is 1070 g/mol. The first-order chi connectivity index (χ1) is 35.5. The quantitative estimate of drug-likeness (QED) is 0.131. The van der Waals surface area contributed by atoms with Crippen LogP contribution in [0.4, 0.5) is 0 Å². The molecule has 0 amide bonds. The SMILES string of the molecule is CO[C@@H]1[C@H](O)[C@@H](C)O[C@@H](OC[C@H]2/C=C(C)/C=C/C(=O)[C@H](C)CC3CCOC/C(=N\OCc4ccc(-c5ccc(-c6ccccn6)s5)s4)CO[C@H](CC(=O)OC2)[C@H](C)[C@H]3O[C@@H]2O[C@H](C)[C@@H](O)[C@H](N(C)C)[C@H]2O)[C@@H]1OC. The molecule has 3 aromatic rings. The number of nitrogens with zero attached hydrogens (tertiary/aromatic N) is 3. The number of pyridine rings is 1. The van der Waals surface area contributed by atoms with Gasteiger partial charge in [-0.25, -0.2) is 0 Å². The molecule has 0 saturated carbocycles. The molecule has 0 spiro atoms. The molecule has 74 heavy (non-hydrogen) atoms. The summed E-state index contributed by atoms with van der Waals surface area (Å²) in [5.74, 6) is -2.59. The highest BCUT2D eigenvalue weighted by Gasteiger charge is 2.48. The molecule has 16 atom stereocenters. The summed E-state index contributed by atoms with van der Waals surface area (Å²) in [6.45, 7) is 9.48. The van der Waals surface area contributed by atoms with E-state index in [1.807, 2.05) is 51.1 Å². The van der Waals surface area contributed by atoms with Gasteiger partial charge in [0.25, 0.3) is 0 Å². The van der Waals surface area contributed by atoms with Crippen LogP contribution in [0.5, 0.6) is 0 Å². The molecule has 2 bridgehead atoms. The summed E-state index contributed by atoms with van der Waals surface area (Å²) >= 11 is 3.28. The van der Waals surface area contributed by atoms with Crippen LogP contribution < -0.4 is 0 Å². The Morgan fingerprint density at radius 2 is 1.57 bits per heavy atom. The van der Waals surface area contributed by atoms with E-state index in [1.165, 1.54) is 14.2 Å². The third kappa shape index (κ3) is 15.0. The lowest BCUT2D eigenvalue weighted by Crippen LogP contribution is -2.63. The maximum Gasteiger partial charge on any atom is 0.308 e. The summed E-state index contributed by atoms with van der Waals surface area (Å²) in [4.78, 5) is 44.7. The van der Waals surface area contributed by atoms with Crippen LogP contribution >= 0.6 is 22.7 Å². The van der Waals surface area contributed by atoms with E-state index in [4.69, 9.17) is 47.5 Å². The van der Waals surface area contributed by atoms with E-state index >= 15 is 0 Å². The van der Waals surface area contributed by atoms with E-state index in [2.05, 4.69) is 28.3 Å². The van der Waals surface area contributed by atoms with Gasteiger partial charge in [-0.3, -0.25) is 14.6 Å². The van der Waals surface area contributed by atoms with Crippen molar-refractivity contribution in [3.63, 3.8) is 0 Å². The number of hydrogen-bond acceptors (Lipinski definition) is 20. The fourth-order valence-corrected chi connectivity index (χ4v) is 12.0. The fraction of sp³-hybridized carbons (Fsp3) is 0.630. The van der Waals surface area contributed by atoms with Crippen molar-refractivity contribution >= 4 is 40.1 Å². The minimum atomic E-state index is -1.26. The van der Waals surface area contributed by atoms with Gasteiger partial charge in [0.05, 0.1) is 80.0 Å². The van der Waals surface area contributed by atoms with Gasteiger partial charge in [-0.15, -0.1) is 22.7 Å². The molecular weight excluding hydrogens is 995 g/mol. The molecule has 1 unspecified atom stereocenters. The number of methoxy groups -OCH3 is 2. The van der Waals surface area contributed by atoms with Crippen molar-refractivity contribution < 1.29 is 72.4 Å². The Morgan fingerprint density at radius 1 is 0.838 bits per heavy atom. The zero-order valence-electron chi connectivity index (χ0n) is 43.9. The number of aliphatic hydroxyl groups excluding tert-OH is 3. The van der Waals surface area contributed by atoms with Crippen molar-refractivity contribution in [1.82, 2.24) is 9.88 Å². The van der Waals surface area contributed by atoms with Gasteiger partial charge in [-0.2, -0.15) is 0 Å². The third-order valence-electron chi connectivity index (χ3n) is 14.2. The van der Waals surface area contributed by atoms with E-state index in [-0.39, 0.29) is 57.8 Å². The highest BCUT2D eigenvalue weighted by Crippen LogP contribution is 2.39. The molecule has 7 rings (SSSR count). The van der Waals surface area contributed by atoms with Gasteiger partial charge in [-0.1, -0.05) is 42.8 Å². The maximum absolute atomic E-state index is 14.2. The first kappa shape index (κ1) is 57.9. The van der Waals surface area contributed by atoms with Crippen LogP contribution in [0.25, 0.3) is 20.3 Å². The number of ether oxygens (including phenoxy) is 9. The second-order valence-electron chi connectivity index (χ2n) is 20.0. The van der Waals surface area contributed by atoms with E-state index in [1.54, 1.807) is 73.9 Å². The number of rotatable bonds is 13. The van der Waals surface area contributed by atoms with Gasteiger partial charge in [0.1, 0.15) is 30.1 Å². The lowest BCUT2D eigenvalue weighted by molar-refractivity contribution is -0.305. The predicted octanol–water partition coefficient (Wildman–Crippen LogP) is 6.06. The zero-order chi connectivity index (χ0) is 53.1. The third-order valence-corrected chi connectivity index (χ3v) is 16.6. The molecule has 3 N–H and O–H groups in total. The summed E-state index contributed by atoms with van der Waals surface area (Å²) in [5.41, 5.74) is 2.12. The Balaban J connectivity index is 1.14. The number of carbonyl (C=O) groups is 2. The Kier molecular flexibility index (Phi) is 21.5. The number of esters is 1. The van der Waals surface area contributed by atoms with Crippen LogP contribution in [-0.2, 0) is 63.7 Å². The van der Waals surface area contributed by atoms with E-state index in [9.17, 15) is 24.9 Å². The number of likely N-dealkylation sites (N-methyl/N-ethyl adjacent to an activating group) is 1. The van der Waals surface area contributed by atoms with E-state index < -0.39 is 97.3 Å². The Morgan fingerprint density at radius 3 is 2.31 bits per heavy atom. The molecule has 0 radical (unpaired) electrons. The molecule has 4 aliphatic heterocycles. The van der Waals surface area contributed by atoms with Crippen LogP contribution in [0, 0.1) is 23.7 Å². The van der Waals surface area contributed by atoms with Gasteiger partial charge in [0.2, 0.25) is 0 Å². The lowest BCUT2D eigenvalue weighted by atomic mass is 9.79. The minimum absolute atomic E-state index is 0.0266. The van der Waals surface area contributed by atoms with E-state index in [0.29, 0.717) is 18.6 Å². The number of ketones is 1. The number of oxime groups is 1. The van der Waals surface area contributed by atoms with Gasteiger partial charge in [-0.05, 0) is 96.1 Å². The van der Waals surface area contributed by atoms with Crippen LogP contribution in [-0.4, -0.2) is 178 Å². The molecular formula is C54H75N3O15S2. The molecule has 0 aromatic carbocycles. The van der Waals surface area contributed by atoms with Crippen molar-refractivity contribution in [2.75, 3.05) is 61.3 Å². The number of allylic oxidation sites excluding steroid dienone is 3. The summed E-state index contributed by atoms with van der Waals surface area (Å²) in [6, 6.07) is 13.4. The lowest BCUT2D eigenvalue weighted by Gasteiger charge is -2.47. The van der Waals surface area contributed by atoms with Crippen molar-refractivity contribution in [1.29, 1.82) is 0 Å². The van der Waals surface area contributed by atoms with Crippen LogP contribution in [0.2, 0.25) is 0 Å². The molecule has 4 aliphatic rings. The van der Waals surface area contributed by atoms with Gasteiger partial charge >= 0.3 is 5.97 Å². The molecule has 3 aromatic heterocycles. The van der Waals surface area contributed by atoms with Crippen LogP contribution in [0.3, 0.4) is 0 Å². The smallest absolute Gasteiger partial charge is 0.308 e. The van der Waals surface area contributed by atoms with Gasteiger partial charge in [0.15, 0.2) is 25.0 Å². The summed E-state index contributed by atoms with van der Waals surface area (Å²) < 4.78 is 55.6. The van der Waals surface area contributed by atoms with Crippen LogP contribution in [0.1, 0.15) is 58.8 Å². The second kappa shape index (κ2) is 27.5. The predicted molar refractivity (Wildman–Crippen MR) is 278 cm³/mol. The Bertz CT molecular complexity index is 2340. The van der Waals surface area contributed by atoms with Crippen molar-refractivity contribution in [3.05, 3.63) is 77.3 Å². The van der Waals surface area contributed by atoms with Crippen molar-refractivity contribution in [3.8, 4) is 20.3 Å². The summed E-state index contributed by atoms with van der Waals surface area (Å²) in [6.07, 6.45) is -2.15. The fourth-order valence-electron chi connectivity index (χ4n) is 9.99. The van der Waals surface area contributed by atoms with E-state index in [0.717, 1.165) is 30.8 Å². The van der Waals surface area contributed by atoms with Crippen LogP contribution in [0.15, 0.2) is 77.6 Å². The van der Waals surface area contributed by atoms with Crippen molar-refractivity contribution in [2.24, 2.45) is 28.8 Å². The number of cyclic esters (lactones) is 1. The monoisotopic (exact) mass is 1070 g/mol. The summed E-state index contributed by atoms with van der Waals surface area (Å²) in [5, 5.41) is 38.1. The van der Waals surface area contributed by atoms with Gasteiger partial charge in [0, 0.05) is 59.4 Å². The minimum Gasteiger partial charge on any atom is -0.465 e. The van der Waals surface area contributed by atoms with Crippen molar-refractivity contribution in [2.45, 2.75) is 134 Å². The molecule has 7 heterocycles. The standard InChI is InChI=1S/C54H75N3O15S2/c1-30-13-15-40(58)31(2)23-36-19-21-65-27-37(56-69-29-38-14-16-43(73-38)44-18-17-42(74-44)39-12-10-11-20-55-39)28-66-41(32(3)50(36)72-53-49(62)46(57(6)7)47(60)33(4)70-53)24-45(59)67-25-35(22-30)26-68-54-52(64-9)51(63-8)48(61)34(5)71-54/h10-18,20,22,31-36,41,46-54,60-62H,19,21,23-29H2,1-9H3/b15-13+,30-22+,56-37+/t31-,32+,33-,34-,35+,36?,41-,46+,47-,48-,49-,50-,51-,52-,53+,54-/m1/s1. The first-order valence-electron chi connectivity index (χ1n) is 25.4. The second-order valence-corrected chi connectivity index (χ2v) is 22.2. The Hall–Kier alpha value is -3.84. The number of aromatic nitrogens is 1. The number of carbonyl (C=O) groups excluding carboxylic acids is 2. The van der Waals surface area contributed by atoms with Gasteiger partial charge < -0.3 is 67.7 Å². The molecule has 20 heteroatoms. The highest BCUT2D eigenvalue weighted by atomic mass is 32.1. The maximum atomic E-state index is 14.2. The number of thiophene rings is 2. The number of fused-ring (bicyclic) bond motifs is 3. The largest absolute Gasteiger partial charge is 0.465 e. The zero-order valence-corrected chi connectivity index (χ0v) is 45.5. The Labute approximate surface area is 442 Å². The summed E-state index contributed by atoms with van der Waals surface area (Å²) in [7, 11) is 6.51. The normalized spacial score (nSPS) is 36.0. The average Bonchev–Trinajstić information content (AvgIpc) is 4.07. The molecule has 0 aliphatic carbocycles. The molecule has 18 nitrogen and oxygen atoms in total. The highest BCUT2D eigenvalue weighted by molar-refractivity contribution is 7.23. The number of aliphatic hydroxyl groups is 3. The topological polar surface area (TPSA) is 216 Å². The first-order valence-corrected chi connectivity index (χ1v) is 27.1. The molecule has 3 fully saturated rings. The molecule has 3 saturated heterocycles. The molecule has 408 valence electrons.